The SMILES string of the molecule is c1ccc(-c2nc(-c3ccccc3)nc(-c3ccc(-c4ccc5sc6ccccc6c5c4)c(-c4cccc5c4sc4ccccc45)c3)n2)cc1. The third kappa shape index (κ3) is 4.90. The van der Waals surface area contributed by atoms with Crippen LogP contribution in [-0.4, -0.2) is 15.0 Å². The van der Waals surface area contributed by atoms with E-state index in [1.165, 1.54) is 57.0 Å². The summed E-state index contributed by atoms with van der Waals surface area (Å²) in [5, 5.41) is 5.15. The molecule has 0 fully saturated rings. The van der Waals surface area contributed by atoms with E-state index in [9.17, 15) is 0 Å². The van der Waals surface area contributed by atoms with E-state index in [1.54, 1.807) is 0 Å². The highest BCUT2D eigenvalue weighted by molar-refractivity contribution is 7.26. The van der Waals surface area contributed by atoms with Gasteiger partial charge in [-0.15, -0.1) is 22.7 Å². The quantitative estimate of drug-likeness (QED) is 0.182. The monoisotopic (exact) mass is 673 g/mol. The molecule has 0 spiro atoms. The first-order valence-electron chi connectivity index (χ1n) is 16.6. The van der Waals surface area contributed by atoms with E-state index in [4.69, 9.17) is 15.0 Å². The summed E-state index contributed by atoms with van der Waals surface area (Å²) < 4.78 is 5.17. The maximum atomic E-state index is 5.08. The zero-order valence-electron chi connectivity index (χ0n) is 26.7. The summed E-state index contributed by atoms with van der Waals surface area (Å²) in [7, 11) is 0. The van der Waals surface area contributed by atoms with Crippen molar-refractivity contribution < 1.29 is 0 Å². The van der Waals surface area contributed by atoms with Crippen LogP contribution in [0.3, 0.4) is 0 Å². The molecular weight excluding hydrogens is 647 g/mol. The second kappa shape index (κ2) is 11.8. The minimum absolute atomic E-state index is 0.647. The van der Waals surface area contributed by atoms with Gasteiger partial charge in [0.05, 0.1) is 0 Å². The first-order chi connectivity index (χ1) is 24.8. The first kappa shape index (κ1) is 29.0. The van der Waals surface area contributed by atoms with E-state index in [1.807, 2.05) is 59.1 Å². The molecule has 10 rings (SSSR count). The van der Waals surface area contributed by atoms with Gasteiger partial charge >= 0.3 is 0 Å². The van der Waals surface area contributed by atoms with E-state index >= 15 is 0 Å². The van der Waals surface area contributed by atoms with Gasteiger partial charge in [-0.25, -0.2) is 15.0 Å². The number of thiophene rings is 2. The van der Waals surface area contributed by atoms with Gasteiger partial charge in [-0.1, -0.05) is 133 Å². The fourth-order valence-corrected chi connectivity index (χ4v) is 9.27. The van der Waals surface area contributed by atoms with Crippen molar-refractivity contribution in [3.63, 3.8) is 0 Å². The Morgan fingerprint density at radius 2 is 0.840 bits per heavy atom. The number of hydrogen-bond donors (Lipinski definition) is 0. The average Bonchev–Trinajstić information content (AvgIpc) is 3.76. The highest BCUT2D eigenvalue weighted by Gasteiger charge is 2.19. The predicted octanol–water partition coefficient (Wildman–Crippen LogP) is 12.9. The highest BCUT2D eigenvalue weighted by atomic mass is 32.1. The molecule has 0 aliphatic carbocycles. The van der Waals surface area contributed by atoms with Gasteiger partial charge in [0, 0.05) is 62.6 Å². The van der Waals surface area contributed by atoms with Crippen molar-refractivity contribution in [1.29, 1.82) is 0 Å². The number of hydrogen-bond acceptors (Lipinski definition) is 5. The summed E-state index contributed by atoms with van der Waals surface area (Å²) >= 11 is 3.70. The Kier molecular flexibility index (Phi) is 6.86. The van der Waals surface area contributed by atoms with Crippen LogP contribution in [0.15, 0.2) is 164 Å². The Bertz CT molecular complexity index is 2810. The van der Waals surface area contributed by atoms with E-state index < -0.39 is 0 Å². The standard InChI is InChI=1S/C45H27N3S2/c1-3-12-28(13-4-1)43-46-44(29-14-5-2-6-15-29)48-45(47-43)31-22-24-32(30-23-25-41-38(26-30)34-17-8-9-20-39(34)49-41)37(27-31)36-19-11-18-35-33-16-7-10-21-40(33)50-42(35)36/h1-27H. The minimum Gasteiger partial charge on any atom is -0.208 e. The molecule has 50 heavy (non-hydrogen) atoms. The number of benzene rings is 7. The van der Waals surface area contributed by atoms with Crippen LogP contribution in [0.25, 0.3) is 96.8 Å². The second-order valence-corrected chi connectivity index (χ2v) is 14.5. The van der Waals surface area contributed by atoms with E-state index in [2.05, 4.69) is 127 Å². The lowest BCUT2D eigenvalue weighted by atomic mass is 9.91. The van der Waals surface area contributed by atoms with Crippen LogP contribution in [0.4, 0.5) is 0 Å². The first-order valence-corrected chi connectivity index (χ1v) is 18.2. The van der Waals surface area contributed by atoms with Gasteiger partial charge < -0.3 is 0 Å². The Hall–Kier alpha value is -6.01. The van der Waals surface area contributed by atoms with Gasteiger partial charge in [-0.3, -0.25) is 0 Å². The van der Waals surface area contributed by atoms with Gasteiger partial charge in [0.25, 0.3) is 0 Å². The zero-order chi connectivity index (χ0) is 33.0. The Morgan fingerprint density at radius 1 is 0.300 bits per heavy atom. The maximum absolute atomic E-state index is 5.08. The Balaban J connectivity index is 1.23. The van der Waals surface area contributed by atoms with E-state index in [0.717, 1.165) is 22.3 Å². The number of nitrogens with zero attached hydrogens (tertiary/aromatic N) is 3. The molecule has 0 amide bonds. The van der Waals surface area contributed by atoms with Crippen LogP contribution in [0, 0.1) is 0 Å². The molecule has 0 bridgehead atoms. The molecule has 3 heterocycles. The largest absolute Gasteiger partial charge is 0.208 e. The molecule has 0 N–H and O–H groups in total. The summed E-state index contributed by atoms with van der Waals surface area (Å²) in [6, 6.07) is 58.0. The molecule has 0 aliphatic heterocycles. The van der Waals surface area contributed by atoms with Crippen LogP contribution in [0.5, 0.6) is 0 Å². The van der Waals surface area contributed by atoms with Crippen LogP contribution in [-0.2, 0) is 0 Å². The average molecular weight is 674 g/mol. The van der Waals surface area contributed by atoms with Crippen LogP contribution < -0.4 is 0 Å². The summed E-state index contributed by atoms with van der Waals surface area (Å²) in [5.41, 5.74) is 7.58. The van der Waals surface area contributed by atoms with Gasteiger partial charge in [-0.05, 0) is 47.0 Å². The molecule has 3 aromatic heterocycles. The molecule has 0 saturated carbocycles. The summed E-state index contributed by atoms with van der Waals surface area (Å²) in [5.74, 6) is 1.95. The fraction of sp³-hybridized carbons (Fsp3) is 0. The van der Waals surface area contributed by atoms with Crippen LogP contribution >= 0.6 is 22.7 Å². The molecule has 0 radical (unpaired) electrons. The third-order valence-electron chi connectivity index (χ3n) is 9.36. The Morgan fingerprint density at radius 3 is 1.54 bits per heavy atom. The molecule has 3 nitrogen and oxygen atoms in total. The lowest BCUT2D eigenvalue weighted by molar-refractivity contribution is 1.07. The van der Waals surface area contributed by atoms with Crippen molar-refractivity contribution in [2.45, 2.75) is 0 Å². The van der Waals surface area contributed by atoms with Gasteiger partial charge in [0.15, 0.2) is 17.5 Å². The summed E-state index contributed by atoms with van der Waals surface area (Å²) in [6.45, 7) is 0. The van der Waals surface area contributed by atoms with Crippen molar-refractivity contribution in [2.75, 3.05) is 0 Å². The molecule has 0 saturated heterocycles. The highest BCUT2D eigenvalue weighted by Crippen LogP contribution is 2.45. The van der Waals surface area contributed by atoms with Crippen molar-refractivity contribution >= 4 is 63.0 Å². The van der Waals surface area contributed by atoms with Crippen molar-refractivity contribution in [1.82, 2.24) is 15.0 Å². The van der Waals surface area contributed by atoms with Gasteiger partial charge in [-0.2, -0.15) is 0 Å². The van der Waals surface area contributed by atoms with Crippen molar-refractivity contribution in [3.05, 3.63) is 164 Å². The second-order valence-electron chi connectivity index (χ2n) is 12.4. The molecule has 0 atom stereocenters. The summed E-state index contributed by atoms with van der Waals surface area (Å²) in [4.78, 5) is 15.1. The fourth-order valence-electron chi connectivity index (χ4n) is 6.95. The molecule has 0 unspecified atom stereocenters. The topological polar surface area (TPSA) is 38.7 Å². The maximum Gasteiger partial charge on any atom is 0.164 e. The van der Waals surface area contributed by atoms with Crippen LogP contribution in [0.2, 0.25) is 0 Å². The predicted molar refractivity (Wildman–Crippen MR) is 213 cm³/mol. The van der Waals surface area contributed by atoms with Gasteiger partial charge in [0.1, 0.15) is 0 Å². The normalized spacial score (nSPS) is 11.6. The molecular formula is C45H27N3S2. The molecule has 7 aromatic carbocycles. The lowest BCUT2D eigenvalue weighted by Gasteiger charge is -2.15. The third-order valence-corrected chi connectivity index (χ3v) is 11.7. The van der Waals surface area contributed by atoms with E-state index in [-0.39, 0.29) is 0 Å². The number of aromatic nitrogens is 3. The van der Waals surface area contributed by atoms with Crippen LogP contribution in [0.1, 0.15) is 0 Å². The Labute approximate surface area is 296 Å². The van der Waals surface area contributed by atoms with E-state index in [0.29, 0.717) is 17.5 Å². The molecule has 234 valence electrons. The number of rotatable bonds is 5. The molecule has 0 aliphatic rings. The molecule has 10 aromatic rings. The van der Waals surface area contributed by atoms with Crippen molar-refractivity contribution in [3.8, 4) is 56.4 Å². The minimum atomic E-state index is 0.647. The lowest BCUT2D eigenvalue weighted by Crippen LogP contribution is -2.00. The van der Waals surface area contributed by atoms with Crippen molar-refractivity contribution in [2.24, 2.45) is 0 Å². The van der Waals surface area contributed by atoms with Gasteiger partial charge in [0.2, 0.25) is 0 Å². The summed E-state index contributed by atoms with van der Waals surface area (Å²) in [6.07, 6.45) is 0. The number of fused-ring (bicyclic) bond motifs is 6. The smallest absolute Gasteiger partial charge is 0.164 e. The zero-order valence-corrected chi connectivity index (χ0v) is 28.4. The molecule has 5 heteroatoms.